The van der Waals surface area contributed by atoms with Gasteiger partial charge in [-0.1, -0.05) is 0 Å². The lowest BCUT2D eigenvalue weighted by Gasteiger charge is -2.09. The number of aliphatic hydroxyl groups excluding tert-OH is 1. The third-order valence-corrected chi connectivity index (χ3v) is 1.71. The van der Waals surface area contributed by atoms with Gasteiger partial charge in [0.15, 0.2) is 0 Å². The second-order valence-electron chi connectivity index (χ2n) is 2.79. The first-order valence-corrected chi connectivity index (χ1v) is 4.17. The second kappa shape index (κ2) is 4.73. The van der Waals surface area contributed by atoms with E-state index in [1.807, 2.05) is 0 Å². The maximum absolute atomic E-state index is 11.2. The summed E-state index contributed by atoms with van der Waals surface area (Å²) in [6, 6.07) is 2.79. The maximum Gasteiger partial charge on any atom is 0.267 e. The summed E-state index contributed by atoms with van der Waals surface area (Å²) in [5, 5.41) is 13.1. The lowest BCUT2D eigenvalue weighted by atomic mass is 10.3. The number of ether oxygens (including phenoxy) is 1. The van der Waals surface area contributed by atoms with Gasteiger partial charge in [-0.25, -0.2) is 4.68 Å². The maximum atomic E-state index is 11.2. The molecule has 0 aliphatic rings. The van der Waals surface area contributed by atoms with Crippen molar-refractivity contribution in [1.82, 2.24) is 9.78 Å². The molecule has 6 heteroatoms. The monoisotopic (exact) mass is 199 g/mol. The Kier molecular flexibility index (Phi) is 3.61. The molecule has 1 rings (SSSR count). The first kappa shape index (κ1) is 10.7. The molecule has 1 aromatic heterocycles. The Bertz CT molecular complexity index is 350. The lowest BCUT2D eigenvalue weighted by Crippen LogP contribution is -2.32. The normalized spacial score (nSPS) is 12.5. The number of hydrogen-bond donors (Lipinski definition) is 2. The zero-order valence-corrected chi connectivity index (χ0v) is 7.88. The number of aromatic nitrogens is 2. The van der Waals surface area contributed by atoms with Gasteiger partial charge in [-0.2, -0.15) is 0 Å². The molecule has 1 heterocycles. The van der Waals surface area contributed by atoms with E-state index in [-0.39, 0.29) is 18.6 Å². The summed E-state index contributed by atoms with van der Waals surface area (Å²) >= 11 is 0. The summed E-state index contributed by atoms with van der Waals surface area (Å²) in [4.78, 5) is 11.2. The van der Waals surface area contributed by atoms with Crippen molar-refractivity contribution in [2.24, 2.45) is 5.73 Å². The predicted molar refractivity (Wildman–Crippen MR) is 50.1 cm³/mol. The molecule has 1 atom stereocenters. The standard InChI is InChI=1S/C8H13N3O3/c1-14-7-2-3-8(13)11(10-7)5-6(12)4-9/h2-3,6,12H,4-5,9H2,1H3. The molecule has 1 unspecified atom stereocenters. The minimum atomic E-state index is -0.771. The molecule has 6 nitrogen and oxygen atoms in total. The van der Waals surface area contributed by atoms with Crippen molar-refractivity contribution in [3.05, 3.63) is 22.5 Å². The first-order chi connectivity index (χ1) is 6.67. The minimum Gasteiger partial charge on any atom is -0.480 e. The summed E-state index contributed by atoms with van der Waals surface area (Å²) in [6.07, 6.45) is -0.771. The van der Waals surface area contributed by atoms with Crippen molar-refractivity contribution in [2.75, 3.05) is 13.7 Å². The van der Waals surface area contributed by atoms with Crippen molar-refractivity contribution >= 4 is 0 Å². The number of hydrogen-bond acceptors (Lipinski definition) is 5. The smallest absolute Gasteiger partial charge is 0.267 e. The third-order valence-electron chi connectivity index (χ3n) is 1.71. The third kappa shape index (κ3) is 2.54. The van der Waals surface area contributed by atoms with Crippen molar-refractivity contribution in [3.8, 4) is 5.88 Å². The summed E-state index contributed by atoms with van der Waals surface area (Å²) in [5.41, 5.74) is 4.92. The lowest BCUT2D eigenvalue weighted by molar-refractivity contribution is 0.153. The molecular formula is C8H13N3O3. The van der Waals surface area contributed by atoms with Gasteiger partial charge in [-0.05, 0) is 0 Å². The summed E-state index contributed by atoms with van der Waals surface area (Å²) in [5.74, 6) is 0.328. The SMILES string of the molecule is COc1ccc(=O)n(CC(O)CN)n1. The molecule has 3 N–H and O–H groups in total. The van der Waals surface area contributed by atoms with Gasteiger partial charge in [0.05, 0.1) is 19.8 Å². The number of aliphatic hydroxyl groups is 1. The Balaban J connectivity index is 2.89. The van der Waals surface area contributed by atoms with Gasteiger partial charge in [0.25, 0.3) is 5.56 Å². The van der Waals surface area contributed by atoms with Crippen LogP contribution < -0.4 is 16.0 Å². The number of nitrogens with two attached hydrogens (primary N) is 1. The van der Waals surface area contributed by atoms with Crippen molar-refractivity contribution in [2.45, 2.75) is 12.6 Å². The highest BCUT2D eigenvalue weighted by atomic mass is 16.5. The van der Waals surface area contributed by atoms with Gasteiger partial charge in [0.2, 0.25) is 5.88 Å². The van der Waals surface area contributed by atoms with E-state index in [1.54, 1.807) is 0 Å². The van der Waals surface area contributed by atoms with Crippen LogP contribution in [0, 0.1) is 0 Å². The quantitative estimate of drug-likeness (QED) is 0.620. The molecule has 78 valence electrons. The van der Waals surface area contributed by atoms with Crippen molar-refractivity contribution < 1.29 is 9.84 Å². The summed E-state index contributed by atoms with van der Waals surface area (Å²) < 4.78 is 5.96. The highest BCUT2D eigenvalue weighted by Crippen LogP contribution is 1.99. The minimum absolute atomic E-state index is 0.0759. The summed E-state index contributed by atoms with van der Waals surface area (Å²) in [7, 11) is 1.45. The Labute approximate surface area is 80.9 Å². The average Bonchev–Trinajstić information content (AvgIpc) is 2.21. The van der Waals surface area contributed by atoms with Crippen LogP contribution in [0.5, 0.6) is 5.88 Å². The number of rotatable bonds is 4. The van der Waals surface area contributed by atoms with Gasteiger partial charge >= 0.3 is 0 Å². The Hall–Kier alpha value is -1.40. The topological polar surface area (TPSA) is 90.4 Å². The highest BCUT2D eigenvalue weighted by Gasteiger charge is 2.06. The van der Waals surface area contributed by atoms with E-state index in [4.69, 9.17) is 10.5 Å². The largest absolute Gasteiger partial charge is 0.480 e. The van der Waals surface area contributed by atoms with E-state index in [0.29, 0.717) is 5.88 Å². The van der Waals surface area contributed by atoms with Crippen molar-refractivity contribution in [1.29, 1.82) is 0 Å². The highest BCUT2D eigenvalue weighted by molar-refractivity contribution is 5.05. The van der Waals surface area contributed by atoms with Gasteiger partial charge in [-0.15, -0.1) is 5.10 Å². The fraction of sp³-hybridized carbons (Fsp3) is 0.500. The molecule has 0 saturated heterocycles. The fourth-order valence-electron chi connectivity index (χ4n) is 0.944. The van der Waals surface area contributed by atoms with Gasteiger partial charge in [-0.3, -0.25) is 4.79 Å². The van der Waals surface area contributed by atoms with E-state index in [9.17, 15) is 9.90 Å². The molecule has 0 spiro atoms. The predicted octanol–water partition coefficient (Wildman–Crippen LogP) is -1.43. The molecule has 0 bridgehead atoms. The van der Waals surface area contributed by atoms with Gasteiger partial charge in [0, 0.05) is 18.7 Å². The van der Waals surface area contributed by atoms with Gasteiger partial charge < -0.3 is 15.6 Å². The van der Waals surface area contributed by atoms with Crippen LogP contribution >= 0.6 is 0 Å². The van der Waals surface area contributed by atoms with Crippen LogP contribution in [0.25, 0.3) is 0 Å². The van der Waals surface area contributed by atoms with Gasteiger partial charge in [0.1, 0.15) is 0 Å². The molecule has 0 radical (unpaired) electrons. The molecule has 0 amide bonds. The Morgan fingerprint density at radius 3 is 3.00 bits per heavy atom. The molecule has 0 saturated carbocycles. The van der Waals surface area contributed by atoms with E-state index >= 15 is 0 Å². The first-order valence-electron chi connectivity index (χ1n) is 4.17. The second-order valence-corrected chi connectivity index (χ2v) is 2.79. The summed E-state index contributed by atoms with van der Waals surface area (Å²) in [6.45, 7) is 0.165. The molecule has 0 aromatic carbocycles. The van der Waals surface area contributed by atoms with Crippen LogP contribution in [0.1, 0.15) is 0 Å². The fourth-order valence-corrected chi connectivity index (χ4v) is 0.944. The molecule has 0 fully saturated rings. The van der Waals surface area contributed by atoms with E-state index in [2.05, 4.69) is 5.10 Å². The van der Waals surface area contributed by atoms with Crippen LogP contribution in [0.4, 0.5) is 0 Å². The van der Waals surface area contributed by atoms with E-state index in [0.717, 1.165) is 4.68 Å². The molecule has 0 aliphatic heterocycles. The van der Waals surface area contributed by atoms with E-state index < -0.39 is 6.10 Å². The number of nitrogens with zero attached hydrogens (tertiary/aromatic N) is 2. The van der Waals surface area contributed by atoms with E-state index in [1.165, 1.54) is 19.2 Å². The Morgan fingerprint density at radius 1 is 1.71 bits per heavy atom. The van der Waals surface area contributed by atoms with Crippen molar-refractivity contribution in [3.63, 3.8) is 0 Å². The molecule has 14 heavy (non-hydrogen) atoms. The van der Waals surface area contributed by atoms with Crippen LogP contribution in [-0.4, -0.2) is 34.6 Å². The molecule has 1 aromatic rings. The zero-order chi connectivity index (χ0) is 10.6. The van der Waals surface area contributed by atoms with Crippen LogP contribution in [-0.2, 0) is 6.54 Å². The van der Waals surface area contributed by atoms with Crippen LogP contribution in [0.3, 0.4) is 0 Å². The van der Waals surface area contributed by atoms with Crippen LogP contribution in [0.2, 0.25) is 0 Å². The average molecular weight is 199 g/mol. The molecule has 0 aliphatic carbocycles. The van der Waals surface area contributed by atoms with Crippen LogP contribution in [0.15, 0.2) is 16.9 Å². The Morgan fingerprint density at radius 2 is 2.43 bits per heavy atom. The zero-order valence-electron chi connectivity index (χ0n) is 7.88. The number of methoxy groups -OCH3 is 1. The molecular weight excluding hydrogens is 186 g/mol.